The number of ether oxygens (including phenoxy) is 1. The SMILES string of the molecule is C=N/C=C(\C=C/C)NCc1cc(OC)ccc1I. The van der Waals surface area contributed by atoms with Gasteiger partial charge >= 0.3 is 0 Å². The Kier molecular flexibility index (Phi) is 6.49. The highest BCUT2D eigenvalue weighted by Gasteiger charge is 2.02. The van der Waals surface area contributed by atoms with Crippen LogP contribution in [0.4, 0.5) is 0 Å². The summed E-state index contributed by atoms with van der Waals surface area (Å²) in [6.07, 6.45) is 5.62. The molecule has 0 aliphatic rings. The Morgan fingerprint density at radius 3 is 2.94 bits per heavy atom. The first-order valence-corrected chi connectivity index (χ1v) is 6.64. The van der Waals surface area contributed by atoms with E-state index < -0.39 is 0 Å². The van der Waals surface area contributed by atoms with E-state index >= 15 is 0 Å². The Balaban J connectivity index is 2.78. The third kappa shape index (κ3) is 4.52. The van der Waals surface area contributed by atoms with Crippen LogP contribution in [-0.2, 0) is 6.54 Å². The maximum absolute atomic E-state index is 5.22. The topological polar surface area (TPSA) is 33.6 Å². The third-order valence-corrected chi connectivity index (χ3v) is 3.36. The summed E-state index contributed by atoms with van der Waals surface area (Å²) in [5.41, 5.74) is 2.13. The molecule has 0 saturated carbocycles. The lowest BCUT2D eigenvalue weighted by atomic mass is 10.2. The molecule has 1 N–H and O–H groups in total. The predicted octanol–water partition coefficient (Wildman–Crippen LogP) is 3.51. The van der Waals surface area contributed by atoms with E-state index in [2.05, 4.69) is 39.6 Å². The molecule has 1 rings (SSSR count). The van der Waals surface area contributed by atoms with E-state index in [1.807, 2.05) is 37.3 Å². The van der Waals surface area contributed by atoms with Gasteiger partial charge in [0.25, 0.3) is 0 Å². The second kappa shape index (κ2) is 7.92. The number of halogens is 1. The normalized spacial score (nSPS) is 11.6. The van der Waals surface area contributed by atoms with E-state index in [0.717, 1.165) is 18.0 Å². The van der Waals surface area contributed by atoms with E-state index in [1.165, 1.54) is 9.13 Å². The Labute approximate surface area is 122 Å². The van der Waals surface area contributed by atoms with Crippen LogP contribution in [0.15, 0.2) is 47.2 Å². The minimum absolute atomic E-state index is 0.723. The fourth-order valence-corrected chi connectivity index (χ4v) is 1.96. The van der Waals surface area contributed by atoms with Gasteiger partial charge in [0.2, 0.25) is 0 Å². The zero-order chi connectivity index (χ0) is 13.4. The van der Waals surface area contributed by atoms with Crippen LogP contribution in [0.2, 0.25) is 0 Å². The van der Waals surface area contributed by atoms with E-state index in [-0.39, 0.29) is 0 Å². The van der Waals surface area contributed by atoms with Gasteiger partial charge in [-0.25, -0.2) is 0 Å². The van der Waals surface area contributed by atoms with Gasteiger partial charge in [0.05, 0.1) is 12.8 Å². The number of nitrogens with zero attached hydrogens (tertiary/aromatic N) is 1. The van der Waals surface area contributed by atoms with Crippen LogP contribution >= 0.6 is 22.6 Å². The summed E-state index contributed by atoms with van der Waals surface area (Å²) in [5.74, 6) is 0.866. The van der Waals surface area contributed by atoms with E-state index in [0.29, 0.717) is 0 Å². The van der Waals surface area contributed by atoms with Crippen molar-refractivity contribution >= 4 is 29.3 Å². The fraction of sp³-hybridized carbons (Fsp3) is 0.214. The van der Waals surface area contributed by atoms with Gasteiger partial charge < -0.3 is 10.1 Å². The van der Waals surface area contributed by atoms with Crippen LogP contribution in [0.3, 0.4) is 0 Å². The summed E-state index contributed by atoms with van der Waals surface area (Å²) >= 11 is 2.31. The molecule has 0 aliphatic carbocycles. The second-order valence-corrected chi connectivity index (χ2v) is 4.74. The zero-order valence-corrected chi connectivity index (χ0v) is 12.8. The predicted molar refractivity (Wildman–Crippen MR) is 85.0 cm³/mol. The summed E-state index contributed by atoms with van der Waals surface area (Å²) < 4.78 is 6.42. The lowest BCUT2D eigenvalue weighted by Gasteiger charge is -2.10. The number of benzene rings is 1. The van der Waals surface area contributed by atoms with E-state index in [1.54, 1.807) is 13.3 Å². The Hall–Kier alpha value is -1.30. The molecule has 96 valence electrons. The molecule has 0 aliphatic heterocycles. The first-order chi connectivity index (χ1) is 8.71. The molecule has 4 heteroatoms. The molecule has 0 aromatic heterocycles. The second-order valence-electron chi connectivity index (χ2n) is 3.58. The van der Waals surface area contributed by atoms with Crippen LogP contribution in [0.1, 0.15) is 12.5 Å². The van der Waals surface area contributed by atoms with Gasteiger partial charge in [-0.2, -0.15) is 0 Å². The number of nitrogens with one attached hydrogen (secondary N) is 1. The lowest BCUT2D eigenvalue weighted by molar-refractivity contribution is 0.414. The molecule has 18 heavy (non-hydrogen) atoms. The van der Waals surface area contributed by atoms with Crippen LogP contribution in [0, 0.1) is 3.57 Å². The third-order valence-electron chi connectivity index (χ3n) is 2.31. The van der Waals surface area contributed by atoms with Crippen LogP contribution in [-0.4, -0.2) is 13.8 Å². The van der Waals surface area contributed by atoms with Gasteiger partial charge in [-0.15, -0.1) is 0 Å². The number of methoxy groups -OCH3 is 1. The van der Waals surface area contributed by atoms with Crippen molar-refractivity contribution in [2.45, 2.75) is 13.5 Å². The van der Waals surface area contributed by atoms with Gasteiger partial charge in [-0.3, -0.25) is 4.99 Å². The largest absolute Gasteiger partial charge is 0.497 e. The van der Waals surface area contributed by atoms with Crippen molar-refractivity contribution in [3.8, 4) is 5.75 Å². The molecule has 0 spiro atoms. The molecular formula is C14H17IN2O. The summed E-state index contributed by atoms with van der Waals surface area (Å²) in [5, 5.41) is 3.31. The first-order valence-electron chi connectivity index (χ1n) is 5.56. The summed E-state index contributed by atoms with van der Waals surface area (Å²) in [6.45, 7) is 6.15. The molecule has 0 bridgehead atoms. The Morgan fingerprint density at radius 1 is 1.56 bits per heavy atom. The molecule has 1 aromatic rings. The maximum atomic E-state index is 5.22. The Morgan fingerprint density at radius 2 is 2.33 bits per heavy atom. The lowest BCUT2D eigenvalue weighted by Crippen LogP contribution is -2.12. The van der Waals surface area contributed by atoms with Crippen molar-refractivity contribution in [1.29, 1.82) is 0 Å². The molecule has 0 saturated heterocycles. The summed E-state index contributed by atoms with van der Waals surface area (Å²) in [4.78, 5) is 3.77. The minimum Gasteiger partial charge on any atom is -0.497 e. The Bertz CT molecular complexity index is 467. The molecule has 0 amide bonds. The van der Waals surface area contributed by atoms with Gasteiger partial charge in [0, 0.05) is 16.3 Å². The molecule has 0 radical (unpaired) electrons. The van der Waals surface area contributed by atoms with Gasteiger partial charge in [-0.1, -0.05) is 6.08 Å². The van der Waals surface area contributed by atoms with Crippen molar-refractivity contribution in [1.82, 2.24) is 5.32 Å². The van der Waals surface area contributed by atoms with Gasteiger partial charge in [-0.05, 0) is 66.1 Å². The number of hydrogen-bond donors (Lipinski definition) is 1. The molecule has 0 heterocycles. The van der Waals surface area contributed by atoms with Crippen molar-refractivity contribution < 1.29 is 4.74 Å². The van der Waals surface area contributed by atoms with Crippen LogP contribution < -0.4 is 10.1 Å². The smallest absolute Gasteiger partial charge is 0.119 e. The summed E-state index contributed by atoms with van der Waals surface area (Å²) in [7, 11) is 1.67. The highest BCUT2D eigenvalue weighted by Crippen LogP contribution is 2.19. The number of rotatable bonds is 6. The van der Waals surface area contributed by atoms with E-state index in [4.69, 9.17) is 4.74 Å². The van der Waals surface area contributed by atoms with Crippen molar-refractivity contribution in [2.24, 2.45) is 4.99 Å². The number of hydrogen-bond acceptors (Lipinski definition) is 3. The highest BCUT2D eigenvalue weighted by molar-refractivity contribution is 14.1. The molecular weight excluding hydrogens is 339 g/mol. The average Bonchev–Trinajstić information content (AvgIpc) is 2.38. The standard InChI is InChI=1S/C14H17IN2O/c1-4-5-12(10-16-2)17-9-11-8-13(18-3)6-7-14(11)15/h4-8,10,17H,2,9H2,1,3H3/b5-4-,12-10+. The fourth-order valence-electron chi connectivity index (χ4n) is 1.44. The molecule has 0 unspecified atom stereocenters. The first kappa shape index (κ1) is 14.8. The van der Waals surface area contributed by atoms with Crippen molar-refractivity contribution in [3.05, 3.63) is 51.4 Å². The quantitative estimate of drug-likeness (QED) is 0.481. The minimum atomic E-state index is 0.723. The number of aliphatic imine (C=N–C) groups is 1. The highest BCUT2D eigenvalue weighted by atomic mass is 127. The molecule has 3 nitrogen and oxygen atoms in total. The monoisotopic (exact) mass is 356 g/mol. The van der Waals surface area contributed by atoms with Crippen LogP contribution in [0.5, 0.6) is 5.75 Å². The van der Waals surface area contributed by atoms with Crippen molar-refractivity contribution in [3.63, 3.8) is 0 Å². The van der Waals surface area contributed by atoms with Gasteiger partial charge in [0.1, 0.15) is 5.75 Å². The number of allylic oxidation sites excluding steroid dienone is 2. The van der Waals surface area contributed by atoms with Gasteiger partial charge in [0.15, 0.2) is 0 Å². The average molecular weight is 356 g/mol. The maximum Gasteiger partial charge on any atom is 0.119 e. The summed E-state index contributed by atoms with van der Waals surface area (Å²) in [6, 6.07) is 6.03. The van der Waals surface area contributed by atoms with Crippen LogP contribution in [0.25, 0.3) is 0 Å². The molecule has 0 atom stereocenters. The van der Waals surface area contributed by atoms with Crippen molar-refractivity contribution in [2.75, 3.05) is 7.11 Å². The van der Waals surface area contributed by atoms with E-state index in [9.17, 15) is 0 Å². The zero-order valence-electron chi connectivity index (χ0n) is 10.6. The molecule has 1 aromatic carbocycles. The molecule has 0 fully saturated rings.